The molecule has 1 amide bonds. The van der Waals surface area contributed by atoms with E-state index in [4.69, 9.17) is 4.74 Å². The first-order chi connectivity index (χ1) is 11.9. The summed E-state index contributed by atoms with van der Waals surface area (Å²) >= 11 is 0. The topological polar surface area (TPSA) is 75.7 Å². The monoisotopic (exact) mass is 364 g/mol. The van der Waals surface area contributed by atoms with Gasteiger partial charge in [-0.3, -0.25) is 9.10 Å². The first-order valence-electron chi connectivity index (χ1n) is 7.67. The number of carbonyl (C=O) groups excluding carboxylic acids is 1. The van der Waals surface area contributed by atoms with Crippen molar-refractivity contribution in [3.8, 4) is 5.75 Å². The molecule has 1 heterocycles. The number of halogens is 1. The molecule has 1 aliphatic rings. The van der Waals surface area contributed by atoms with Gasteiger partial charge < -0.3 is 10.1 Å². The van der Waals surface area contributed by atoms with E-state index in [0.29, 0.717) is 24.4 Å². The fraction of sp³-hybridized carbons (Fsp3) is 0.235. The Morgan fingerprint density at radius 1 is 1.24 bits per heavy atom. The fourth-order valence-electron chi connectivity index (χ4n) is 2.71. The van der Waals surface area contributed by atoms with Gasteiger partial charge in [0.05, 0.1) is 29.8 Å². The van der Waals surface area contributed by atoms with Crippen molar-refractivity contribution in [2.75, 3.05) is 29.0 Å². The van der Waals surface area contributed by atoms with E-state index < -0.39 is 21.7 Å². The number of amides is 1. The summed E-state index contributed by atoms with van der Waals surface area (Å²) in [7, 11) is -1.91. The van der Waals surface area contributed by atoms with Crippen molar-refractivity contribution in [1.29, 1.82) is 0 Å². The molecule has 0 bridgehead atoms. The van der Waals surface area contributed by atoms with Gasteiger partial charge >= 0.3 is 0 Å². The molecule has 6 nitrogen and oxygen atoms in total. The Kier molecular flexibility index (Phi) is 4.63. The molecule has 1 saturated heterocycles. The van der Waals surface area contributed by atoms with Crippen LogP contribution in [-0.4, -0.2) is 33.7 Å². The van der Waals surface area contributed by atoms with Crippen molar-refractivity contribution in [2.45, 2.75) is 6.42 Å². The lowest BCUT2D eigenvalue weighted by Crippen LogP contribution is -2.25. The zero-order valence-electron chi connectivity index (χ0n) is 13.5. The van der Waals surface area contributed by atoms with Gasteiger partial charge in [-0.05, 0) is 36.8 Å². The average molecular weight is 364 g/mol. The number of benzene rings is 2. The summed E-state index contributed by atoms with van der Waals surface area (Å²) in [6, 6.07) is 10.3. The lowest BCUT2D eigenvalue weighted by Gasteiger charge is -2.19. The van der Waals surface area contributed by atoms with Gasteiger partial charge in [-0.25, -0.2) is 12.8 Å². The van der Waals surface area contributed by atoms with Gasteiger partial charge in [-0.15, -0.1) is 0 Å². The van der Waals surface area contributed by atoms with Crippen LogP contribution in [0.4, 0.5) is 15.8 Å². The number of nitrogens with zero attached hydrogens (tertiary/aromatic N) is 1. The third-order valence-electron chi connectivity index (χ3n) is 3.94. The lowest BCUT2D eigenvalue weighted by molar-refractivity contribution is 0.102. The first kappa shape index (κ1) is 17.2. The molecule has 132 valence electrons. The van der Waals surface area contributed by atoms with Crippen LogP contribution in [0.3, 0.4) is 0 Å². The Balaban J connectivity index is 1.94. The zero-order valence-corrected chi connectivity index (χ0v) is 14.3. The molecule has 2 aromatic carbocycles. The van der Waals surface area contributed by atoms with Crippen molar-refractivity contribution in [3.05, 3.63) is 53.8 Å². The number of hydrogen-bond donors (Lipinski definition) is 1. The zero-order chi connectivity index (χ0) is 18.0. The van der Waals surface area contributed by atoms with Crippen molar-refractivity contribution in [1.82, 2.24) is 0 Å². The molecule has 1 fully saturated rings. The summed E-state index contributed by atoms with van der Waals surface area (Å²) < 4.78 is 44.4. The summed E-state index contributed by atoms with van der Waals surface area (Å²) in [6.45, 7) is 0.384. The Morgan fingerprint density at radius 2 is 2.00 bits per heavy atom. The number of sulfonamides is 1. The summed E-state index contributed by atoms with van der Waals surface area (Å²) in [4.78, 5) is 12.3. The predicted octanol–water partition coefficient (Wildman–Crippen LogP) is 2.63. The maximum absolute atomic E-state index is 13.8. The predicted molar refractivity (Wildman–Crippen MR) is 93.1 cm³/mol. The molecule has 0 spiro atoms. The van der Waals surface area contributed by atoms with Crippen LogP contribution in [0, 0.1) is 5.82 Å². The van der Waals surface area contributed by atoms with E-state index in [0.717, 1.165) is 0 Å². The molecule has 2 aromatic rings. The molecule has 25 heavy (non-hydrogen) atoms. The van der Waals surface area contributed by atoms with Crippen LogP contribution in [0.2, 0.25) is 0 Å². The normalized spacial score (nSPS) is 15.8. The highest BCUT2D eigenvalue weighted by Crippen LogP contribution is 2.33. The van der Waals surface area contributed by atoms with Gasteiger partial charge in [0.15, 0.2) is 0 Å². The highest BCUT2D eigenvalue weighted by atomic mass is 32.2. The number of nitrogens with one attached hydrogen (secondary N) is 1. The highest BCUT2D eigenvalue weighted by Gasteiger charge is 2.29. The van der Waals surface area contributed by atoms with Gasteiger partial charge in [0.25, 0.3) is 5.91 Å². The molecule has 0 aromatic heterocycles. The number of rotatable bonds is 4. The van der Waals surface area contributed by atoms with Crippen molar-refractivity contribution < 1.29 is 22.3 Å². The van der Waals surface area contributed by atoms with Crippen LogP contribution in [-0.2, 0) is 10.0 Å². The maximum Gasteiger partial charge on any atom is 0.258 e. The van der Waals surface area contributed by atoms with Crippen LogP contribution in [0.25, 0.3) is 0 Å². The molecule has 0 aliphatic carbocycles. The molecule has 3 rings (SSSR count). The number of carbonyl (C=O) groups is 1. The molecule has 1 aliphatic heterocycles. The summed E-state index contributed by atoms with van der Waals surface area (Å²) in [5.41, 5.74) is 0.598. The van der Waals surface area contributed by atoms with Gasteiger partial charge in [0.1, 0.15) is 11.6 Å². The molecule has 0 saturated carbocycles. The van der Waals surface area contributed by atoms with E-state index in [2.05, 4.69) is 5.32 Å². The van der Waals surface area contributed by atoms with Crippen LogP contribution in [0.5, 0.6) is 5.75 Å². The number of hydrogen-bond acceptors (Lipinski definition) is 4. The Labute approximate surface area is 145 Å². The van der Waals surface area contributed by atoms with E-state index in [-0.39, 0.29) is 17.0 Å². The second-order valence-electron chi connectivity index (χ2n) is 5.56. The van der Waals surface area contributed by atoms with Crippen molar-refractivity contribution >= 4 is 27.3 Å². The Morgan fingerprint density at radius 3 is 2.64 bits per heavy atom. The number of methoxy groups -OCH3 is 1. The molecular weight excluding hydrogens is 347 g/mol. The molecule has 0 radical (unpaired) electrons. The van der Waals surface area contributed by atoms with Gasteiger partial charge in [-0.2, -0.15) is 0 Å². The number of ether oxygens (including phenoxy) is 1. The van der Waals surface area contributed by atoms with E-state index in [1.54, 1.807) is 18.2 Å². The first-order valence-corrected chi connectivity index (χ1v) is 9.27. The minimum Gasteiger partial charge on any atom is -0.495 e. The van der Waals surface area contributed by atoms with E-state index in [1.807, 2.05) is 0 Å². The second kappa shape index (κ2) is 6.72. The van der Waals surface area contributed by atoms with Gasteiger partial charge in [0, 0.05) is 6.54 Å². The minimum absolute atomic E-state index is 0.0932. The minimum atomic E-state index is -3.34. The van der Waals surface area contributed by atoms with Crippen LogP contribution < -0.4 is 14.4 Å². The Hall–Kier alpha value is -2.61. The molecular formula is C17H17FN2O4S. The van der Waals surface area contributed by atoms with Crippen molar-refractivity contribution in [2.24, 2.45) is 0 Å². The SMILES string of the molecule is COc1ccc(N2CCCS2(=O)=O)cc1NC(=O)c1ccccc1F. The summed E-state index contributed by atoms with van der Waals surface area (Å²) in [5.74, 6) is -0.837. The summed E-state index contributed by atoms with van der Waals surface area (Å²) in [5, 5.41) is 2.58. The molecule has 0 unspecified atom stereocenters. The molecule has 8 heteroatoms. The Bertz CT molecular complexity index is 915. The van der Waals surface area contributed by atoms with E-state index >= 15 is 0 Å². The largest absolute Gasteiger partial charge is 0.495 e. The van der Waals surface area contributed by atoms with E-state index in [1.165, 1.54) is 35.7 Å². The van der Waals surface area contributed by atoms with Crippen LogP contribution in [0.1, 0.15) is 16.8 Å². The maximum atomic E-state index is 13.8. The average Bonchev–Trinajstić information content (AvgIpc) is 2.94. The molecule has 1 N–H and O–H groups in total. The summed E-state index contributed by atoms with van der Waals surface area (Å²) in [6.07, 6.45) is 0.547. The second-order valence-corrected chi connectivity index (χ2v) is 7.57. The van der Waals surface area contributed by atoms with E-state index in [9.17, 15) is 17.6 Å². The smallest absolute Gasteiger partial charge is 0.258 e. The quantitative estimate of drug-likeness (QED) is 0.905. The van der Waals surface area contributed by atoms with Gasteiger partial charge in [-0.1, -0.05) is 12.1 Å². The highest BCUT2D eigenvalue weighted by molar-refractivity contribution is 7.93. The molecule has 0 atom stereocenters. The van der Waals surface area contributed by atoms with Crippen LogP contribution >= 0.6 is 0 Å². The number of anilines is 2. The fourth-order valence-corrected chi connectivity index (χ4v) is 4.27. The van der Waals surface area contributed by atoms with Crippen LogP contribution in [0.15, 0.2) is 42.5 Å². The third kappa shape index (κ3) is 3.43. The van der Waals surface area contributed by atoms with Crippen molar-refractivity contribution in [3.63, 3.8) is 0 Å². The standard InChI is InChI=1S/C17H17FN2O4S/c1-24-16-8-7-12(20-9-4-10-25(20,22)23)11-15(16)19-17(21)13-5-2-3-6-14(13)18/h2-3,5-8,11H,4,9-10H2,1H3,(H,19,21). The van der Waals surface area contributed by atoms with Gasteiger partial charge in [0.2, 0.25) is 10.0 Å². The lowest BCUT2D eigenvalue weighted by atomic mass is 10.2. The third-order valence-corrected chi connectivity index (χ3v) is 5.81.